The first-order valence-electron chi connectivity index (χ1n) is 10.9. The van der Waals surface area contributed by atoms with Crippen molar-refractivity contribution < 1.29 is 9.18 Å². The number of carbonyl (C=O) groups excluding carboxylic acids is 1. The molecule has 0 aliphatic heterocycles. The zero-order valence-electron chi connectivity index (χ0n) is 18.5. The van der Waals surface area contributed by atoms with Gasteiger partial charge in [0.25, 0.3) is 0 Å². The van der Waals surface area contributed by atoms with Crippen LogP contribution in [0, 0.1) is 5.82 Å². The summed E-state index contributed by atoms with van der Waals surface area (Å²) >= 11 is 0. The number of nitrogens with one attached hydrogen (secondary N) is 3. The molecule has 9 heteroatoms. The highest BCUT2D eigenvalue weighted by Crippen LogP contribution is 2.33. The molecule has 4 aromatic heterocycles. The normalized spacial score (nSPS) is 11.3. The minimum absolute atomic E-state index is 0.159. The first-order chi connectivity index (χ1) is 17.0. The van der Waals surface area contributed by atoms with Crippen LogP contribution < -0.4 is 5.32 Å². The smallest absolute Gasteiger partial charge is 0.221 e. The lowest BCUT2D eigenvalue weighted by molar-refractivity contribution is -0.114. The van der Waals surface area contributed by atoms with Crippen LogP contribution >= 0.6 is 0 Å². The fraction of sp³-hybridized carbons (Fsp3) is 0.0385. The molecule has 0 fully saturated rings. The molecule has 0 aliphatic rings. The Bertz CT molecular complexity index is 1740. The molecule has 4 heterocycles. The monoisotopic (exact) mass is 463 g/mol. The number of fused-ring (bicyclic) bond motifs is 2. The van der Waals surface area contributed by atoms with Gasteiger partial charge in [-0.1, -0.05) is 18.2 Å². The number of aromatic amines is 2. The molecule has 0 unspecified atom stereocenters. The molecule has 0 radical (unpaired) electrons. The molecule has 8 nitrogen and oxygen atoms in total. The van der Waals surface area contributed by atoms with Gasteiger partial charge in [0.05, 0.1) is 34.6 Å². The van der Waals surface area contributed by atoms with Gasteiger partial charge in [-0.25, -0.2) is 9.37 Å². The van der Waals surface area contributed by atoms with E-state index in [1.54, 1.807) is 30.9 Å². The van der Waals surface area contributed by atoms with Gasteiger partial charge in [0.2, 0.25) is 5.91 Å². The Kier molecular flexibility index (Phi) is 4.81. The Morgan fingerprint density at radius 3 is 2.66 bits per heavy atom. The summed E-state index contributed by atoms with van der Waals surface area (Å²) < 4.78 is 13.8. The van der Waals surface area contributed by atoms with E-state index in [2.05, 4.69) is 30.5 Å². The van der Waals surface area contributed by atoms with Gasteiger partial charge < -0.3 is 10.3 Å². The molecule has 1 amide bonds. The molecule has 6 rings (SSSR count). The lowest BCUT2D eigenvalue weighted by Gasteiger charge is -2.06. The standard InChI is InChI=1S/C26H18FN7O/c1-14(35)30-19-8-17(10-28-11-19)15-5-6-22-20(9-15)25(34-33-22)26-31-23-13-29-12-21(24(23)32-26)16-3-2-4-18(27)7-16/h2-13H,1H3,(H,30,35)(H,31,32)(H,33,34). The average molecular weight is 463 g/mol. The predicted molar refractivity (Wildman–Crippen MR) is 132 cm³/mol. The minimum Gasteiger partial charge on any atom is -0.335 e. The Hall–Kier alpha value is -4.92. The second kappa shape index (κ2) is 8.14. The Balaban J connectivity index is 1.45. The largest absolute Gasteiger partial charge is 0.335 e. The van der Waals surface area contributed by atoms with Gasteiger partial charge in [0.1, 0.15) is 11.5 Å². The van der Waals surface area contributed by atoms with Crippen molar-refractivity contribution in [3.63, 3.8) is 0 Å². The molecule has 0 saturated heterocycles. The minimum atomic E-state index is -0.321. The molecule has 0 atom stereocenters. The number of pyridine rings is 2. The number of hydrogen-bond acceptors (Lipinski definition) is 5. The maximum atomic E-state index is 13.8. The van der Waals surface area contributed by atoms with E-state index in [-0.39, 0.29) is 11.7 Å². The van der Waals surface area contributed by atoms with Gasteiger partial charge >= 0.3 is 0 Å². The van der Waals surface area contributed by atoms with E-state index in [0.717, 1.165) is 33.1 Å². The highest BCUT2D eigenvalue weighted by molar-refractivity contribution is 5.98. The van der Waals surface area contributed by atoms with Crippen LogP contribution in [0.3, 0.4) is 0 Å². The van der Waals surface area contributed by atoms with Gasteiger partial charge in [-0.05, 0) is 41.5 Å². The fourth-order valence-corrected chi connectivity index (χ4v) is 4.16. The van der Waals surface area contributed by atoms with Gasteiger partial charge in [-0.3, -0.25) is 19.9 Å². The second-order valence-electron chi connectivity index (χ2n) is 8.16. The van der Waals surface area contributed by atoms with E-state index in [1.807, 2.05) is 30.3 Å². The third kappa shape index (κ3) is 3.78. The zero-order chi connectivity index (χ0) is 23.9. The van der Waals surface area contributed by atoms with Crippen LogP contribution in [0.4, 0.5) is 10.1 Å². The van der Waals surface area contributed by atoms with Crippen LogP contribution in [0.2, 0.25) is 0 Å². The van der Waals surface area contributed by atoms with Gasteiger partial charge in [-0.15, -0.1) is 0 Å². The number of hydrogen-bond donors (Lipinski definition) is 3. The van der Waals surface area contributed by atoms with E-state index < -0.39 is 0 Å². The predicted octanol–water partition coefficient (Wildman–Crippen LogP) is 5.33. The van der Waals surface area contributed by atoms with Crippen molar-refractivity contribution in [1.29, 1.82) is 0 Å². The quantitative estimate of drug-likeness (QED) is 0.327. The van der Waals surface area contributed by atoms with Crippen LogP contribution in [-0.2, 0) is 4.79 Å². The lowest BCUT2D eigenvalue weighted by atomic mass is 10.0. The maximum Gasteiger partial charge on any atom is 0.221 e. The number of amides is 1. The number of benzene rings is 2. The number of H-pyrrole nitrogens is 2. The summed E-state index contributed by atoms with van der Waals surface area (Å²) in [5.41, 5.74) is 6.71. The Labute approximate surface area is 198 Å². The van der Waals surface area contributed by atoms with Gasteiger partial charge in [0.15, 0.2) is 5.82 Å². The van der Waals surface area contributed by atoms with E-state index >= 15 is 0 Å². The molecule has 0 aliphatic carbocycles. The Morgan fingerprint density at radius 1 is 0.914 bits per heavy atom. The van der Waals surface area contributed by atoms with Crippen molar-refractivity contribution >= 4 is 33.5 Å². The third-order valence-corrected chi connectivity index (χ3v) is 5.71. The number of rotatable bonds is 4. The number of halogens is 1. The summed E-state index contributed by atoms with van der Waals surface area (Å²) in [6, 6.07) is 14.1. The Morgan fingerprint density at radius 2 is 1.80 bits per heavy atom. The first-order valence-corrected chi connectivity index (χ1v) is 10.9. The number of aromatic nitrogens is 6. The van der Waals surface area contributed by atoms with Crippen molar-refractivity contribution in [2.45, 2.75) is 6.92 Å². The van der Waals surface area contributed by atoms with Crippen molar-refractivity contribution in [1.82, 2.24) is 30.1 Å². The average Bonchev–Trinajstić information content (AvgIpc) is 3.47. The molecule has 3 N–H and O–H groups in total. The summed E-state index contributed by atoms with van der Waals surface area (Å²) in [5, 5.41) is 11.2. The van der Waals surface area contributed by atoms with Gasteiger partial charge in [-0.2, -0.15) is 5.10 Å². The maximum absolute atomic E-state index is 13.8. The number of carbonyl (C=O) groups is 1. The highest BCUT2D eigenvalue weighted by Gasteiger charge is 2.16. The summed E-state index contributed by atoms with van der Waals surface area (Å²) in [5.74, 6) is 0.0887. The van der Waals surface area contributed by atoms with Crippen LogP contribution in [0.1, 0.15) is 6.92 Å². The molecular formula is C26H18FN7O. The SMILES string of the molecule is CC(=O)Nc1cncc(-c2ccc3[nH]nc(-c4nc5c(-c6cccc(F)c6)cncc5[nH]4)c3c2)c1. The summed E-state index contributed by atoms with van der Waals surface area (Å²) in [4.78, 5) is 28.1. The van der Waals surface area contributed by atoms with Crippen LogP contribution in [0.25, 0.3) is 55.7 Å². The van der Waals surface area contributed by atoms with E-state index in [4.69, 9.17) is 4.98 Å². The molecule has 0 spiro atoms. The van der Waals surface area contributed by atoms with Crippen molar-refractivity contribution in [2.24, 2.45) is 0 Å². The number of nitrogens with zero attached hydrogens (tertiary/aromatic N) is 4. The zero-order valence-corrected chi connectivity index (χ0v) is 18.5. The van der Waals surface area contributed by atoms with Crippen molar-refractivity contribution in [2.75, 3.05) is 5.32 Å². The van der Waals surface area contributed by atoms with Crippen molar-refractivity contribution in [3.8, 4) is 33.8 Å². The van der Waals surface area contributed by atoms with E-state index in [0.29, 0.717) is 28.3 Å². The molecule has 35 heavy (non-hydrogen) atoms. The van der Waals surface area contributed by atoms with E-state index in [1.165, 1.54) is 19.1 Å². The number of imidazole rings is 1. The summed E-state index contributed by atoms with van der Waals surface area (Å²) in [7, 11) is 0. The third-order valence-electron chi connectivity index (χ3n) is 5.71. The van der Waals surface area contributed by atoms with Crippen LogP contribution in [0.15, 0.2) is 73.3 Å². The fourth-order valence-electron chi connectivity index (χ4n) is 4.16. The second-order valence-corrected chi connectivity index (χ2v) is 8.16. The van der Waals surface area contributed by atoms with Crippen LogP contribution in [0.5, 0.6) is 0 Å². The lowest BCUT2D eigenvalue weighted by Crippen LogP contribution is -2.05. The molecule has 2 aromatic carbocycles. The van der Waals surface area contributed by atoms with E-state index in [9.17, 15) is 9.18 Å². The molecule has 6 aromatic rings. The van der Waals surface area contributed by atoms with Gasteiger partial charge in [0, 0.05) is 35.8 Å². The molecule has 170 valence electrons. The summed E-state index contributed by atoms with van der Waals surface area (Å²) in [6.07, 6.45) is 6.71. The molecule has 0 saturated carbocycles. The summed E-state index contributed by atoms with van der Waals surface area (Å²) in [6.45, 7) is 1.46. The first kappa shape index (κ1) is 20.7. The van der Waals surface area contributed by atoms with Crippen molar-refractivity contribution in [3.05, 3.63) is 79.1 Å². The number of anilines is 1. The molecular weight excluding hydrogens is 445 g/mol. The van der Waals surface area contributed by atoms with Crippen LogP contribution in [-0.4, -0.2) is 36.0 Å². The topological polar surface area (TPSA) is 112 Å². The highest BCUT2D eigenvalue weighted by atomic mass is 19.1. The molecule has 0 bridgehead atoms.